The number of hydrogen-bond donors (Lipinski definition) is 0. The highest BCUT2D eigenvalue weighted by atomic mass is 16.5. The largest absolute Gasteiger partial charge is 0.407 e. The van der Waals surface area contributed by atoms with Crippen LogP contribution in [0.15, 0.2) is 36.8 Å². The summed E-state index contributed by atoms with van der Waals surface area (Å²) in [6.45, 7) is 1.32. The molecule has 1 aromatic heterocycles. The Labute approximate surface area is 97.9 Å². The molecule has 0 aliphatic rings. The van der Waals surface area contributed by atoms with Gasteiger partial charge in [-0.3, -0.25) is 9.36 Å². The van der Waals surface area contributed by atoms with E-state index in [1.165, 1.54) is 19.4 Å². The minimum atomic E-state index is -0.414. The standard InChI is InChI=1S/C12H9N3O2/c1-9(16)17-12-7-14-8-15(12)11-4-2-3-10(5-11)6-13/h2-5,7-8H,1H3. The second-order valence-electron chi connectivity index (χ2n) is 3.36. The third-order valence-electron chi connectivity index (χ3n) is 2.11. The Balaban J connectivity index is 2.43. The Morgan fingerprint density at radius 1 is 1.53 bits per heavy atom. The summed E-state index contributed by atoms with van der Waals surface area (Å²) in [7, 11) is 0. The number of rotatable bonds is 2. The second kappa shape index (κ2) is 4.49. The molecule has 0 aliphatic heterocycles. The van der Waals surface area contributed by atoms with Crippen molar-refractivity contribution < 1.29 is 9.53 Å². The molecule has 0 saturated carbocycles. The van der Waals surface area contributed by atoms with Crippen LogP contribution >= 0.6 is 0 Å². The molecule has 0 spiro atoms. The lowest BCUT2D eigenvalue weighted by Crippen LogP contribution is -2.05. The molecule has 17 heavy (non-hydrogen) atoms. The predicted molar refractivity (Wildman–Crippen MR) is 59.6 cm³/mol. The van der Waals surface area contributed by atoms with Crippen molar-refractivity contribution in [1.29, 1.82) is 5.26 Å². The zero-order valence-corrected chi connectivity index (χ0v) is 9.12. The Bertz CT molecular complexity index is 596. The highest BCUT2D eigenvalue weighted by Gasteiger charge is 2.07. The van der Waals surface area contributed by atoms with E-state index in [9.17, 15) is 4.79 Å². The van der Waals surface area contributed by atoms with E-state index in [0.717, 1.165) is 5.69 Å². The number of esters is 1. The first-order valence-corrected chi connectivity index (χ1v) is 4.92. The van der Waals surface area contributed by atoms with E-state index in [-0.39, 0.29) is 0 Å². The molecule has 2 rings (SSSR count). The summed E-state index contributed by atoms with van der Waals surface area (Å²) < 4.78 is 6.59. The fourth-order valence-electron chi connectivity index (χ4n) is 1.42. The number of benzene rings is 1. The van der Waals surface area contributed by atoms with Gasteiger partial charge in [0.05, 0.1) is 23.5 Å². The third-order valence-corrected chi connectivity index (χ3v) is 2.11. The van der Waals surface area contributed by atoms with Gasteiger partial charge in [0.15, 0.2) is 0 Å². The zero-order chi connectivity index (χ0) is 12.3. The average Bonchev–Trinajstić information content (AvgIpc) is 2.76. The smallest absolute Gasteiger partial charge is 0.309 e. The van der Waals surface area contributed by atoms with Crippen LogP contribution in [-0.4, -0.2) is 15.5 Å². The van der Waals surface area contributed by atoms with E-state index >= 15 is 0 Å². The molecule has 0 saturated heterocycles. The second-order valence-corrected chi connectivity index (χ2v) is 3.36. The van der Waals surface area contributed by atoms with Crippen LogP contribution in [0.3, 0.4) is 0 Å². The topological polar surface area (TPSA) is 67.9 Å². The molecule has 2 aromatic rings. The van der Waals surface area contributed by atoms with Crippen molar-refractivity contribution in [1.82, 2.24) is 9.55 Å². The van der Waals surface area contributed by atoms with E-state index in [4.69, 9.17) is 10.00 Å². The fourth-order valence-corrected chi connectivity index (χ4v) is 1.42. The van der Waals surface area contributed by atoms with Crippen LogP contribution in [0.1, 0.15) is 12.5 Å². The minimum absolute atomic E-state index is 0.326. The number of imidazole rings is 1. The molecule has 0 bridgehead atoms. The Morgan fingerprint density at radius 2 is 2.35 bits per heavy atom. The van der Waals surface area contributed by atoms with Crippen LogP contribution in [0, 0.1) is 11.3 Å². The van der Waals surface area contributed by atoms with Gasteiger partial charge >= 0.3 is 5.97 Å². The zero-order valence-electron chi connectivity index (χ0n) is 9.12. The summed E-state index contributed by atoms with van der Waals surface area (Å²) in [4.78, 5) is 14.8. The number of carbonyl (C=O) groups is 1. The van der Waals surface area contributed by atoms with Crippen molar-refractivity contribution in [2.45, 2.75) is 6.92 Å². The van der Waals surface area contributed by atoms with Crippen molar-refractivity contribution in [3.8, 4) is 17.6 Å². The molecule has 1 heterocycles. The van der Waals surface area contributed by atoms with E-state index in [0.29, 0.717) is 11.4 Å². The Hall–Kier alpha value is -2.61. The molecule has 0 fully saturated rings. The predicted octanol–water partition coefficient (Wildman–Crippen LogP) is 1.67. The third kappa shape index (κ3) is 2.32. The van der Waals surface area contributed by atoms with Gasteiger partial charge in [0.2, 0.25) is 5.88 Å². The first kappa shape index (κ1) is 10.9. The summed E-state index contributed by atoms with van der Waals surface area (Å²) in [5, 5.41) is 8.81. The molecule has 0 aliphatic carbocycles. The molecule has 0 N–H and O–H groups in total. The van der Waals surface area contributed by atoms with Crippen molar-refractivity contribution in [3.63, 3.8) is 0 Å². The monoisotopic (exact) mass is 227 g/mol. The quantitative estimate of drug-likeness (QED) is 0.732. The van der Waals surface area contributed by atoms with Gasteiger partial charge in [-0.15, -0.1) is 0 Å². The van der Waals surface area contributed by atoms with Gasteiger partial charge in [-0.25, -0.2) is 4.98 Å². The lowest BCUT2D eigenvalue weighted by Gasteiger charge is -2.06. The van der Waals surface area contributed by atoms with Gasteiger partial charge in [0.1, 0.15) is 6.33 Å². The van der Waals surface area contributed by atoms with Crippen LogP contribution in [0.5, 0.6) is 5.88 Å². The SMILES string of the molecule is CC(=O)Oc1cncn1-c1cccc(C#N)c1. The first-order chi connectivity index (χ1) is 8.20. The number of nitrogens with zero attached hydrogens (tertiary/aromatic N) is 3. The number of carbonyl (C=O) groups excluding carboxylic acids is 1. The van der Waals surface area contributed by atoms with Gasteiger partial charge in [-0.1, -0.05) is 6.07 Å². The van der Waals surface area contributed by atoms with Crippen LogP contribution in [0.4, 0.5) is 0 Å². The lowest BCUT2D eigenvalue weighted by molar-refractivity contribution is -0.132. The molecule has 0 radical (unpaired) electrons. The van der Waals surface area contributed by atoms with E-state index < -0.39 is 5.97 Å². The van der Waals surface area contributed by atoms with Gasteiger partial charge in [0.25, 0.3) is 0 Å². The highest BCUT2D eigenvalue weighted by Crippen LogP contribution is 2.18. The average molecular weight is 227 g/mol. The van der Waals surface area contributed by atoms with Crippen LogP contribution in [0.2, 0.25) is 0 Å². The van der Waals surface area contributed by atoms with E-state index in [1.54, 1.807) is 28.8 Å². The maximum Gasteiger partial charge on any atom is 0.309 e. The molecule has 0 amide bonds. The van der Waals surface area contributed by atoms with Crippen molar-refractivity contribution in [3.05, 3.63) is 42.4 Å². The van der Waals surface area contributed by atoms with Crippen molar-refractivity contribution >= 4 is 5.97 Å². The molecule has 0 unspecified atom stereocenters. The molecule has 1 aromatic carbocycles. The number of nitriles is 1. The van der Waals surface area contributed by atoms with Crippen LogP contribution < -0.4 is 4.74 Å². The van der Waals surface area contributed by atoms with Crippen molar-refractivity contribution in [2.75, 3.05) is 0 Å². The van der Waals surface area contributed by atoms with Crippen molar-refractivity contribution in [2.24, 2.45) is 0 Å². The lowest BCUT2D eigenvalue weighted by atomic mass is 10.2. The van der Waals surface area contributed by atoms with Gasteiger partial charge in [0, 0.05) is 6.92 Å². The van der Waals surface area contributed by atoms with Gasteiger partial charge < -0.3 is 4.74 Å². The summed E-state index contributed by atoms with van der Waals surface area (Å²) >= 11 is 0. The number of hydrogen-bond acceptors (Lipinski definition) is 4. The van der Waals surface area contributed by atoms with Crippen LogP contribution in [-0.2, 0) is 4.79 Å². The Kier molecular flexibility index (Phi) is 2.88. The highest BCUT2D eigenvalue weighted by molar-refractivity contribution is 5.69. The summed E-state index contributed by atoms with van der Waals surface area (Å²) in [6.07, 6.45) is 2.97. The van der Waals surface area contributed by atoms with E-state index in [2.05, 4.69) is 4.98 Å². The number of aromatic nitrogens is 2. The molecular formula is C12H9N3O2. The summed E-state index contributed by atoms with van der Waals surface area (Å²) in [6, 6.07) is 8.99. The van der Waals surface area contributed by atoms with Gasteiger partial charge in [-0.05, 0) is 18.2 Å². The van der Waals surface area contributed by atoms with Crippen LogP contribution in [0.25, 0.3) is 5.69 Å². The molecule has 84 valence electrons. The minimum Gasteiger partial charge on any atom is -0.407 e. The molecular weight excluding hydrogens is 218 g/mol. The molecule has 0 atom stereocenters. The maximum atomic E-state index is 10.9. The first-order valence-electron chi connectivity index (χ1n) is 4.92. The normalized spacial score (nSPS) is 9.65. The Morgan fingerprint density at radius 3 is 3.06 bits per heavy atom. The van der Waals surface area contributed by atoms with E-state index in [1.807, 2.05) is 6.07 Å². The number of ether oxygens (including phenoxy) is 1. The molecule has 5 heteroatoms. The van der Waals surface area contributed by atoms with Gasteiger partial charge in [-0.2, -0.15) is 5.26 Å². The maximum absolute atomic E-state index is 10.9. The summed E-state index contributed by atoms with van der Waals surface area (Å²) in [5.74, 6) is -0.0872. The fraction of sp³-hybridized carbons (Fsp3) is 0.0833. The summed E-state index contributed by atoms with van der Waals surface area (Å²) in [5.41, 5.74) is 1.25. The molecule has 5 nitrogen and oxygen atoms in total.